The highest BCUT2D eigenvalue weighted by molar-refractivity contribution is 5.85. The lowest BCUT2D eigenvalue weighted by Gasteiger charge is -2.16. The molecule has 12 nitrogen and oxygen atoms in total. The number of carbonyl (C=O) groups excluding carboxylic acids is 1. The molecule has 1 saturated heterocycles. The number of para-hydroxylation sites is 2. The molecular formula is C31H33N7O5. The van der Waals surface area contributed by atoms with Gasteiger partial charge in [-0.05, 0) is 37.0 Å². The van der Waals surface area contributed by atoms with Gasteiger partial charge in [0.1, 0.15) is 24.3 Å². The summed E-state index contributed by atoms with van der Waals surface area (Å²) < 4.78 is 15.2. The zero-order chi connectivity index (χ0) is 29.5. The maximum Gasteiger partial charge on any atom is 0.252 e. The SMILES string of the molecule is COc1ccccc1Cn1cc(CCNc2ncnc3c2ncn3C2OC(C(=O)NC3CC3)C(O)C2O)c2ccccc21. The summed E-state index contributed by atoms with van der Waals surface area (Å²) in [6, 6.07) is 16.5. The van der Waals surface area contributed by atoms with E-state index in [1.807, 2.05) is 30.3 Å². The van der Waals surface area contributed by atoms with Crippen LogP contribution in [-0.4, -0.2) is 78.2 Å². The van der Waals surface area contributed by atoms with Crippen molar-refractivity contribution in [1.82, 2.24) is 29.4 Å². The van der Waals surface area contributed by atoms with Crippen molar-refractivity contribution in [2.45, 2.75) is 56.4 Å². The molecule has 4 heterocycles. The van der Waals surface area contributed by atoms with E-state index in [1.165, 1.54) is 28.2 Å². The van der Waals surface area contributed by atoms with E-state index in [0.29, 0.717) is 30.1 Å². The van der Waals surface area contributed by atoms with Crippen molar-refractivity contribution in [2.24, 2.45) is 0 Å². The Morgan fingerprint density at radius 1 is 1.05 bits per heavy atom. The number of methoxy groups -OCH3 is 1. The fourth-order valence-corrected chi connectivity index (χ4v) is 5.77. The lowest BCUT2D eigenvalue weighted by atomic mass is 10.1. The Bertz CT molecular complexity index is 1780. The Hall–Kier alpha value is -4.52. The van der Waals surface area contributed by atoms with Crippen molar-refractivity contribution in [1.29, 1.82) is 0 Å². The highest BCUT2D eigenvalue weighted by Gasteiger charge is 2.48. The lowest BCUT2D eigenvalue weighted by molar-refractivity contribution is -0.137. The first-order valence-electron chi connectivity index (χ1n) is 14.4. The van der Waals surface area contributed by atoms with Crippen LogP contribution in [0.3, 0.4) is 0 Å². The average Bonchev–Trinajstić information content (AvgIpc) is 3.51. The summed E-state index contributed by atoms with van der Waals surface area (Å²) in [4.78, 5) is 25.8. The van der Waals surface area contributed by atoms with E-state index in [4.69, 9.17) is 9.47 Å². The molecule has 2 aliphatic rings. The number of fused-ring (bicyclic) bond motifs is 2. The minimum Gasteiger partial charge on any atom is -0.496 e. The maximum absolute atomic E-state index is 12.5. The molecule has 4 N–H and O–H groups in total. The molecule has 4 unspecified atom stereocenters. The fourth-order valence-electron chi connectivity index (χ4n) is 5.77. The molecule has 4 atom stereocenters. The van der Waals surface area contributed by atoms with Gasteiger partial charge in [0.15, 0.2) is 29.3 Å². The predicted octanol–water partition coefficient (Wildman–Crippen LogP) is 2.39. The van der Waals surface area contributed by atoms with E-state index in [1.54, 1.807) is 7.11 Å². The van der Waals surface area contributed by atoms with Crippen LogP contribution in [-0.2, 0) is 22.5 Å². The van der Waals surface area contributed by atoms with Crippen LogP contribution < -0.4 is 15.4 Å². The fraction of sp³-hybridized carbons (Fsp3) is 0.355. The van der Waals surface area contributed by atoms with Gasteiger partial charge in [0.05, 0.1) is 20.0 Å². The maximum atomic E-state index is 12.5. The lowest BCUT2D eigenvalue weighted by Crippen LogP contribution is -2.43. The first kappa shape index (κ1) is 27.3. The Morgan fingerprint density at radius 3 is 2.70 bits per heavy atom. The van der Waals surface area contributed by atoms with Crippen LogP contribution in [0.4, 0.5) is 5.82 Å². The summed E-state index contributed by atoms with van der Waals surface area (Å²) in [5, 5.41) is 28.7. The molecule has 12 heteroatoms. The number of rotatable bonds is 10. The predicted molar refractivity (Wildman–Crippen MR) is 159 cm³/mol. The highest BCUT2D eigenvalue weighted by atomic mass is 16.6. The molecule has 222 valence electrons. The number of imidazole rings is 1. The first-order valence-corrected chi connectivity index (χ1v) is 14.4. The smallest absolute Gasteiger partial charge is 0.252 e. The molecule has 7 rings (SSSR count). The van der Waals surface area contributed by atoms with Crippen molar-refractivity contribution in [3.05, 3.63) is 78.5 Å². The number of nitrogens with zero attached hydrogens (tertiary/aromatic N) is 5. The molecule has 2 fully saturated rings. The van der Waals surface area contributed by atoms with Gasteiger partial charge in [-0.1, -0.05) is 36.4 Å². The third kappa shape index (κ3) is 5.18. The summed E-state index contributed by atoms with van der Waals surface area (Å²) in [5.41, 5.74) is 4.37. The molecular weight excluding hydrogens is 550 g/mol. The molecule has 2 aromatic carbocycles. The first-order chi connectivity index (χ1) is 21.0. The number of aromatic nitrogens is 5. The average molecular weight is 584 g/mol. The minimum atomic E-state index is -1.37. The van der Waals surface area contributed by atoms with Gasteiger partial charge in [0, 0.05) is 35.2 Å². The van der Waals surface area contributed by atoms with Gasteiger partial charge in [-0.2, -0.15) is 0 Å². The summed E-state index contributed by atoms with van der Waals surface area (Å²) >= 11 is 0. The Morgan fingerprint density at radius 2 is 1.86 bits per heavy atom. The van der Waals surface area contributed by atoms with Gasteiger partial charge < -0.3 is 34.9 Å². The van der Waals surface area contributed by atoms with Gasteiger partial charge in [0.2, 0.25) is 0 Å². The highest BCUT2D eigenvalue weighted by Crippen LogP contribution is 2.33. The molecule has 43 heavy (non-hydrogen) atoms. The molecule has 1 aliphatic heterocycles. The molecule has 0 radical (unpaired) electrons. The summed E-state index contributed by atoms with van der Waals surface area (Å²) in [7, 11) is 1.69. The van der Waals surface area contributed by atoms with Gasteiger partial charge >= 0.3 is 0 Å². The van der Waals surface area contributed by atoms with Gasteiger partial charge in [0.25, 0.3) is 5.91 Å². The summed E-state index contributed by atoms with van der Waals surface area (Å²) in [6.07, 6.45) is 2.74. The molecule has 3 aromatic heterocycles. The number of hydrogen-bond acceptors (Lipinski definition) is 9. The summed E-state index contributed by atoms with van der Waals surface area (Å²) in [5.74, 6) is 0.970. The van der Waals surface area contributed by atoms with E-state index in [2.05, 4.69) is 54.5 Å². The van der Waals surface area contributed by atoms with Gasteiger partial charge in [-0.3, -0.25) is 9.36 Å². The molecule has 1 aliphatic carbocycles. The van der Waals surface area contributed by atoms with Crippen molar-refractivity contribution in [3.8, 4) is 5.75 Å². The van der Waals surface area contributed by atoms with Crippen LogP contribution in [0, 0.1) is 0 Å². The van der Waals surface area contributed by atoms with Crippen molar-refractivity contribution < 1.29 is 24.5 Å². The van der Waals surface area contributed by atoms with Crippen molar-refractivity contribution in [3.63, 3.8) is 0 Å². The number of benzene rings is 2. The number of ether oxygens (including phenoxy) is 2. The number of hydrogen-bond donors (Lipinski definition) is 4. The molecule has 0 bridgehead atoms. The number of amides is 1. The van der Waals surface area contributed by atoms with Crippen LogP contribution in [0.25, 0.3) is 22.1 Å². The Labute approximate surface area is 247 Å². The zero-order valence-electron chi connectivity index (χ0n) is 23.6. The Kier molecular flexibility index (Phi) is 7.17. The van der Waals surface area contributed by atoms with Crippen LogP contribution >= 0.6 is 0 Å². The molecule has 0 spiro atoms. The largest absolute Gasteiger partial charge is 0.496 e. The molecule has 5 aromatic rings. The Balaban J connectivity index is 1.07. The molecule has 1 saturated carbocycles. The normalized spacial score (nSPS) is 21.8. The third-order valence-electron chi connectivity index (χ3n) is 8.14. The van der Waals surface area contributed by atoms with E-state index < -0.39 is 30.4 Å². The van der Waals surface area contributed by atoms with E-state index >= 15 is 0 Å². The van der Waals surface area contributed by atoms with Gasteiger partial charge in [-0.15, -0.1) is 0 Å². The number of nitrogens with one attached hydrogen (secondary N) is 2. The van der Waals surface area contributed by atoms with E-state index in [-0.39, 0.29) is 6.04 Å². The monoisotopic (exact) mass is 583 g/mol. The van der Waals surface area contributed by atoms with Crippen molar-refractivity contribution >= 4 is 33.8 Å². The second-order valence-corrected chi connectivity index (χ2v) is 11.0. The number of anilines is 1. The van der Waals surface area contributed by atoms with Crippen LogP contribution in [0.1, 0.15) is 30.2 Å². The van der Waals surface area contributed by atoms with Crippen LogP contribution in [0.2, 0.25) is 0 Å². The van der Waals surface area contributed by atoms with Crippen LogP contribution in [0.15, 0.2) is 67.4 Å². The minimum absolute atomic E-state index is 0.110. The standard InChI is InChI=1S/C31H33N7O5/c1-42-23-9-5-2-6-19(23)15-37-14-18(21-7-3-4-8-22(21)37)12-13-32-28-24-29(34-16-33-28)38(17-35-24)31-26(40)25(39)27(43-31)30(41)36-20-10-11-20/h2-9,14,16-17,20,25-27,31,39-40H,10-13,15H2,1H3,(H,36,41)(H,32,33,34). The third-order valence-corrected chi connectivity index (χ3v) is 8.14. The van der Waals surface area contributed by atoms with E-state index in [0.717, 1.165) is 36.1 Å². The second kappa shape index (κ2) is 11.3. The van der Waals surface area contributed by atoms with Gasteiger partial charge in [-0.25, -0.2) is 15.0 Å². The van der Waals surface area contributed by atoms with Crippen LogP contribution in [0.5, 0.6) is 5.75 Å². The second-order valence-electron chi connectivity index (χ2n) is 11.0. The quantitative estimate of drug-likeness (QED) is 0.194. The number of carbonyl (C=O) groups is 1. The number of aliphatic hydroxyl groups excluding tert-OH is 2. The van der Waals surface area contributed by atoms with Crippen molar-refractivity contribution in [2.75, 3.05) is 19.0 Å². The summed E-state index contributed by atoms with van der Waals surface area (Å²) in [6.45, 7) is 1.28. The zero-order valence-corrected chi connectivity index (χ0v) is 23.6. The molecule has 1 amide bonds. The van der Waals surface area contributed by atoms with E-state index in [9.17, 15) is 15.0 Å². The number of aliphatic hydroxyl groups is 2. The topological polar surface area (TPSA) is 149 Å².